The number of aromatic nitrogens is 1. The van der Waals surface area contributed by atoms with E-state index in [1.807, 2.05) is 12.1 Å². The normalized spacial score (nSPS) is 15.6. The highest BCUT2D eigenvalue weighted by atomic mass is 16.5. The zero-order valence-electron chi connectivity index (χ0n) is 5.37. The van der Waals surface area contributed by atoms with E-state index in [0.717, 1.165) is 12.1 Å². The fourth-order valence-corrected chi connectivity index (χ4v) is 0.914. The molecule has 0 spiro atoms. The van der Waals surface area contributed by atoms with E-state index in [1.54, 1.807) is 12.9 Å². The van der Waals surface area contributed by atoms with Gasteiger partial charge in [-0.25, -0.2) is 4.98 Å². The Hall–Kier alpha value is -1.09. The van der Waals surface area contributed by atoms with E-state index in [-0.39, 0.29) is 0 Å². The number of rotatable bonds is 0. The highest BCUT2D eigenvalue weighted by molar-refractivity contribution is 5.27. The van der Waals surface area contributed by atoms with Crippen LogP contribution in [0.15, 0.2) is 18.3 Å². The first kappa shape index (κ1) is 5.68. The number of hydrogen-bond acceptors (Lipinski definition) is 3. The molecule has 1 aromatic rings. The van der Waals surface area contributed by atoms with Crippen molar-refractivity contribution in [3.63, 3.8) is 0 Å². The predicted molar refractivity (Wildman–Crippen MR) is 36.0 cm³/mol. The van der Waals surface area contributed by atoms with Gasteiger partial charge in [0, 0.05) is 18.3 Å². The monoisotopic (exact) mass is 135 g/mol. The third kappa shape index (κ3) is 0.844. The molecule has 1 aliphatic heterocycles. The Bertz CT molecular complexity index is 212. The largest absolute Gasteiger partial charge is 0.453 e. The van der Waals surface area contributed by atoms with Crippen LogP contribution in [0.4, 0.5) is 0 Å². The molecule has 0 unspecified atom stereocenters. The summed E-state index contributed by atoms with van der Waals surface area (Å²) in [4.78, 5) is 4.03. The third-order valence-electron chi connectivity index (χ3n) is 1.40. The molecule has 1 N–H and O–H groups in total. The van der Waals surface area contributed by atoms with Crippen molar-refractivity contribution in [2.24, 2.45) is 0 Å². The van der Waals surface area contributed by atoms with Gasteiger partial charge in [0.1, 0.15) is 0 Å². The molecule has 0 atom stereocenters. The van der Waals surface area contributed by atoms with Crippen molar-refractivity contribution >= 4 is 0 Å². The fourth-order valence-electron chi connectivity index (χ4n) is 0.914. The number of nitrogens with one attached hydrogen (secondary N) is 1. The third-order valence-corrected chi connectivity index (χ3v) is 1.40. The fraction of sp³-hybridized carbons (Fsp3) is 0.143. The lowest BCUT2D eigenvalue weighted by molar-refractivity contribution is 0.324. The maximum Gasteiger partial charge on any atom is 0.219 e. The quantitative estimate of drug-likeness (QED) is 0.568. The van der Waals surface area contributed by atoms with Crippen molar-refractivity contribution in [2.75, 3.05) is 0 Å². The second-order valence-corrected chi connectivity index (χ2v) is 2.08. The highest BCUT2D eigenvalue weighted by Gasteiger charge is 2.08. The smallest absolute Gasteiger partial charge is 0.219 e. The van der Waals surface area contributed by atoms with E-state index in [4.69, 9.17) is 4.74 Å². The number of ether oxygens (including phenoxy) is 1. The summed E-state index contributed by atoms with van der Waals surface area (Å²) in [6.07, 6.45) is 1.72. The minimum atomic E-state index is 0.709. The van der Waals surface area contributed by atoms with E-state index < -0.39 is 0 Å². The van der Waals surface area contributed by atoms with Crippen molar-refractivity contribution in [3.05, 3.63) is 30.6 Å². The molecule has 10 heavy (non-hydrogen) atoms. The van der Waals surface area contributed by atoms with Crippen LogP contribution >= 0.6 is 0 Å². The molecule has 0 amide bonds. The Morgan fingerprint density at radius 2 is 2.60 bits per heavy atom. The van der Waals surface area contributed by atoms with Crippen LogP contribution < -0.4 is 10.1 Å². The predicted octanol–water partition coefficient (Wildman–Crippen LogP) is 0.683. The molecule has 0 bridgehead atoms. The topological polar surface area (TPSA) is 34.2 Å². The maximum atomic E-state index is 5.08. The summed E-state index contributed by atoms with van der Waals surface area (Å²) in [6, 6.07) is 3.89. The number of pyridine rings is 1. The lowest BCUT2D eigenvalue weighted by Gasteiger charge is -2.14. The first-order valence-corrected chi connectivity index (χ1v) is 3.12. The lowest BCUT2D eigenvalue weighted by atomic mass is 10.2. The standard InChI is InChI=1S/C7H7N2O/c1-2-6-4-8-5-10-7(6)9-3-1/h1-3,5,8H,4H2. The minimum absolute atomic E-state index is 0.709. The van der Waals surface area contributed by atoms with Gasteiger partial charge in [0.15, 0.2) is 0 Å². The van der Waals surface area contributed by atoms with Crippen molar-refractivity contribution in [1.29, 1.82) is 0 Å². The number of fused-ring (bicyclic) bond motifs is 1. The number of hydrogen-bond donors (Lipinski definition) is 1. The summed E-state index contributed by atoms with van der Waals surface area (Å²) in [6.45, 7) is 2.36. The first-order valence-electron chi connectivity index (χ1n) is 3.12. The summed E-state index contributed by atoms with van der Waals surface area (Å²) in [7, 11) is 0. The average Bonchev–Trinajstić information content (AvgIpc) is 2.05. The Balaban J connectivity index is 2.41. The maximum absolute atomic E-state index is 5.08. The van der Waals surface area contributed by atoms with Crippen LogP contribution in [0.1, 0.15) is 5.56 Å². The molecule has 2 rings (SSSR count). The Morgan fingerprint density at radius 3 is 3.50 bits per heavy atom. The second kappa shape index (κ2) is 2.27. The van der Waals surface area contributed by atoms with Gasteiger partial charge in [-0.1, -0.05) is 6.07 Å². The second-order valence-electron chi connectivity index (χ2n) is 2.08. The molecule has 0 aliphatic carbocycles. The average molecular weight is 135 g/mol. The molecule has 0 saturated carbocycles. The molecule has 1 radical (unpaired) electrons. The van der Waals surface area contributed by atoms with Crippen LogP contribution in [0.25, 0.3) is 0 Å². The SMILES string of the molecule is [CH]1NCc2cccnc2O1. The van der Waals surface area contributed by atoms with Crippen LogP contribution in [-0.2, 0) is 6.54 Å². The molecule has 3 heteroatoms. The molecule has 0 fully saturated rings. The summed E-state index contributed by atoms with van der Waals surface area (Å²) in [5.41, 5.74) is 1.10. The van der Waals surface area contributed by atoms with Crippen molar-refractivity contribution < 1.29 is 4.74 Å². The van der Waals surface area contributed by atoms with E-state index in [0.29, 0.717) is 5.88 Å². The van der Waals surface area contributed by atoms with E-state index in [9.17, 15) is 0 Å². The van der Waals surface area contributed by atoms with E-state index in [1.165, 1.54) is 0 Å². The van der Waals surface area contributed by atoms with Gasteiger partial charge >= 0.3 is 0 Å². The van der Waals surface area contributed by atoms with Crippen molar-refractivity contribution in [2.45, 2.75) is 6.54 Å². The van der Waals surface area contributed by atoms with Crippen molar-refractivity contribution in [3.8, 4) is 5.88 Å². The van der Waals surface area contributed by atoms with Crippen LogP contribution in [0.2, 0.25) is 0 Å². The van der Waals surface area contributed by atoms with Gasteiger partial charge in [0.05, 0.1) is 0 Å². The van der Waals surface area contributed by atoms with E-state index in [2.05, 4.69) is 10.3 Å². The van der Waals surface area contributed by atoms with Crippen LogP contribution in [0.3, 0.4) is 0 Å². The molecule has 3 nitrogen and oxygen atoms in total. The molecule has 2 heterocycles. The van der Waals surface area contributed by atoms with Gasteiger partial charge in [-0.15, -0.1) is 0 Å². The van der Waals surface area contributed by atoms with Gasteiger partial charge < -0.3 is 4.74 Å². The molecule has 0 saturated heterocycles. The Morgan fingerprint density at radius 1 is 1.60 bits per heavy atom. The van der Waals surface area contributed by atoms with Crippen molar-refractivity contribution in [1.82, 2.24) is 10.3 Å². The van der Waals surface area contributed by atoms with Gasteiger partial charge in [0.2, 0.25) is 12.6 Å². The van der Waals surface area contributed by atoms with Gasteiger partial charge in [0.25, 0.3) is 0 Å². The molecule has 1 aromatic heterocycles. The minimum Gasteiger partial charge on any atom is -0.453 e. The molecular weight excluding hydrogens is 128 g/mol. The van der Waals surface area contributed by atoms with Crippen LogP contribution in [-0.4, -0.2) is 4.98 Å². The molecule has 51 valence electrons. The number of nitrogens with zero attached hydrogens (tertiary/aromatic N) is 1. The summed E-state index contributed by atoms with van der Waals surface area (Å²) < 4.78 is 5.08. The lowest BCUT2D eigenvalue weighted by Crippen LogP contribution is -2.20. The van der Waals surface area contributed by atoms with Gasteiger partial charge in [-0.2, -0.15) is 0 Å². The Labute approximate surface area is 59.0 Å². The van der Waals surface area contributed by atoms with E-state index >= 15 is 0 Å². The summed E-state index contributed by atoms with van der Waals surface area (Å²) in [5, 5.41) is 2.95. The molecule has 0 aromatic carbocycles. The molecular formula is C7H7N2O. The summed E-state index contributed by atoms with van der Waals surface area (Å²) >= 11 is 0. The summed E-state index contributed by atoms with van der Waals surface area (Å²) in [5.74, 6) is 0.709. The van der Waals surface area contributed by atoms with Gasteiger partial charge in [-0.05, 0) is 6.07 Å². The Kier molecular flexibility index (Phi) is 1.29. The van der Waals surface area contributed by atoms with Crippen LogP contribution in [0, 0.1) is 6.73 Å². The zero-order chi connectivity index (χ0) is 6.81. The van der Waals surface area contributed by atoms with Crippen LogP contribution in [0.5, 0.6) is 5.88 Å². The highest BCUT2D eigenvalue weighted by Crippen LogP contribution is 2.17. The zero-order valence-corrected chi connectivity index (χ0v) is 5.37. The first-order chi connectivity index (χ1) is 4.97. The van der Waals surface area contributed by atoms with Gasteiger partial charge in [-0.3, -0.25) is 5.32 Å². The molecule has 1 aliphatic rings.